The molecule has 0 aliphatic carbocycles. The molecule has 3 N–H and O–H groups in total. The number of amides is 1. The second kappa shape index (κ2) is 5.95. The maximum absolute atomic E-state index is 11.6. The lowest BCUT2D eigenvalue weighted by Gasteiger charge is -2.17. The number of pyridine rings is 1. The molecule has 1 aromatic rings. The Bertz CT molecular complexity index is 392. The van der Waals surface area contributed by atoms with Crippen LogP contribution in [0.2, 0.25) is 0 Å². The van der Waals surface area contributed by atoms with Gasteiger partial charge < -0.3 is 15.8 Å². The number of rotatable bonds is 4. The average Bonchev–Trinajstić information content (AvgIpc) is 2.35. The number of aromatic nitrogens is 1. The number of carbonyl (C=O) groups is 2. The van der Waals surface area contributed by atoms with E-state index in [1.54, 1.807) is 18.2 Å². The highest BCUT2D eigenvalue weighted by Gasteiger charge is 2.25. The van der Waals surface area contributed by atoms with Crippen LogP contribution in [-0.2, 0) is 14.3 Å². The highest BCUT2D eigenvalue weighted by atomic mass is 16.5. The Morgan fingerprint density at radius 2 is 2.18 bits per heavy atom. The SMILES string of the molecule is COC(=O)C(NC(=O)C(C)N)c1ccccn1. The first kappa shape index (κ1) is 13.1. The third-order valence-corrected chi connectivity index (χ3v) is 2.12. The van der Waals surface area contributed by atoms with Gasteiger partial charge in [-0.3, -0.25) is 9.78 Å². The van der Waals surface area contributed by atoms with Crippen LogP contribution < -0.4 is 11.1 Å². The minimum absolute atomic E-state index is 0.411. The monoisotopic (exact) mass is 237 g/mol. The maximum Gasteiger partial charge on any atom is 0.334 e. The Morgan fingerprint density at radius 1 is 1.47 bits per heavy atom. The molecular weight excluding hydrogens is 222 g/mol. The van der Waals surface area contributed by atoms with Crippen LogP contribution in [0.4, 0.5) is 0 Å². The average molecular weight is 237 g/mol. The number of nitrogens with zero attached hydrogens (tertiary/aromatic N) is 1. The molecule has 0 radical (unpaired) electrons. The summed E-state index contributed by atoms with van der Waals surface area (Å²) in [5, 5.41) is 2.48. The largest absolute Gasteiger partial charge is 0.467 e. The van der Waals surface area contributed by atoms with Crippen molar-refractivity contribution in [1.82, 2.24) is 10.3 Å². The van der Waals surface area contributed by atoms with Gasteiger partial charge in [0, 0.05) is 6.20 Å². The molecular formula is C11H15N3O3. The van der Waals surface area contributed by atoms with E-state index in [1.807, 2.05) is 0 Å². The van der Waals surface area contributed by atoms with E-state index in [0.717, 1.165) is 0 Å². The lowest BCUT2D eigenvalue weighted by molar-refractivity contribution is -0.145. The first-order chi connectivity index (χ1) is 8.06. The lowest BCUT2D eigenvalue weighted by atomic mass is 10.1. The Balaban J connectivity index is 2.90. The molecule has 1 rings (SSSR count). The fraction of sp³-hybridized carbons (Fsp3) is 0.364. The zero-order valence-corrected chi connectivity index (χ0v) is 9.71. The minimum Gasteiger partial charge on any atom is -0.467 e. The molecule has 1 amide bonds. The second-order valence-electron chi connectivity index (χ2n) is 3.51. The van der Waals surface area contributed by atoms with E-state index in [-0.39, 0.29) is 0 Å². The van der Waals surface area contributed by atoms with Crippen molar-refractivity contribution in [3.8, 4) is 0 Å². The van der Waals surface area contributed by atoms with Crippen LogP contribution >= 0.6 is 0 Å². The van der Waals surface area contributed by atoms with Gasteiger partial charge in [0.25, 0.3) is 0 Å². The van der Waals surface area contributed by atoms with Gasteiger partial charge in [-0.05, 0) is 19.1 Å². The second-order valence-corrected chi connectivity index (χ2v) is 3.51. The first-order valence-corrected chi connectivity index (χ1v) is 5.11. The van der Waals surface area contributed by atoms with Crippen LogP contribution in [0, 0.1) is 0 Å². The van der Waals surface area contributed by atoms with Crippen molar-refractivity contribution in [2.24, 2.45) is 5.73 Å². The van der Waals surface area contributed by atoms with Crippen LogP contribution in [-0.4, -0.2) is 30.0 Å². The van der Waals surface area contributed by atoms with Crippen molar-refractivity contribution in [2.75, 3.05) is 7.11 Å². The minimum atomic E-state index is -0.931. The smallest absolute Gasteiger partial charge is 0.334 e. The third-order valence-electron chi connectivity index (χ3n) is 2.12. The molecule has 0 fully saturated rings. The van der Waals surface area contributed by atoms with Crippen LogP contribution in [0.15, 0.2) is 24.4 Å². The normalized spacial score (nSPS) is 13.6. The summed E-state index contributed by atoms with van der Waals surface area (Å²) in [6, 6.07) is 3.43. The van der Waals surface area contributed by atoms with Gasteiger partial charge in [-0.1, -0.05) is 6.07 Å². The van der Waals surface area contributed by atoms with Gasteiger partial charge in [-0.25, -0.2) is 4.79 Å². The van der Waals surface area contributed by atoms with E-state index in [1.165, 1.54) is 20.2 Å². The standard InChI is InChI=1S/C11H15N3O3/c1-7(12)10(15)14-9(11(16)17-2)8-5-3-4-6-13-8/h3-7,9H,12H2,1-2H3,(H,14,15). The summed E-state index contributed by atoms with van der Waals surface area (Å²) in [7, 11) is 1.25. The molecule has 0 aliphatic heterocycles. The molecule has 0 saturated heterocycles. The summed E-state index contributed by atoms with van der Waals surface area (Å²) in [6.07, 6.45) is 1.53. The van der Waals surface area contributed by atoms with Crippen LogP contribution in [0.1, 0.15) is 18.7 Å². The Morgan fingerprint density at radius 3 is 2.65 bits per heavy atom. The van der Waals surface area contributed by atoms with Crippen LogP contribution in [0.5, 0.6) is 0 Å². The van der Waals surface area contributed by atoms with Crippen LogP contribution in [0.25, 0.3) is 0 Å². The zero-order chi connectivity index (χ0) is 12.8. The van der Waals surface area contributed by atoms with Crippen molar-refractivity contribution in [1.29, 1.82) is 0 Å². The molecule has 2 unspecified atom stereocenters. The van der Waals surface area contributed by atoms with Gasteiger partial charge in [-0.2, -0.15) is 0 Å². The summed E-state index contributed by atoms with van der Waals surface area (Å²) in [4.78, 5) is 27.0. The van der Waals surface area contributed by atoms with Gasteiger partial charge in [0.15, 0.2) is 6.04 Å². The molecule has 6 nitrogen and oxygen atoms in total. The predicted molar refractivity (Wildman–Crippen MR) is 60.8 cm³/mol. The molecule has 0 aliphatic rings. The number of hydrogen-bond acceptors (Lipinski definition) is 5. The molecule has 0 aromatic carbocycles. The van der Waals surface area contributed by atoms with Gasteiger partial charge >= 0.3 is 5.97 Å². The quantitative estimate of drug-likeness (QED) is 0.705. The summed E-state index contributed by atoms with van der Waals surface area (Å²) >= 11 is 0. The van der Waals surface area contributed by atoms with Crippen LogP contribution in [0.3, 0.4) is 0 Å². The zero-order valence-electron chi connectivity index (χ0n) is 9.71. The van der Waals surface area contributed by atoms with E-state index in [0.29, 0.717) is 5.69 Å². The molecule has 0 bridgehead atoms. The summed E-state index contributed by atoms with van der Waals surface area (Å²) < 4.78 is 4.61. The van der Waals surface area contributed by atoms with Crippen molar-refractivity contribution in [3.05, 3.63) is 30.1 Å². The number of carbonyl (C=O) groups excluding carboxylic acids is 2. The van der Waals surface area contributed by atoms with Crippen molar-refractivity contribution in [2.45, 2.75) is 19.0 Å². The topological polar surface area (TPSA) is 94.3 Å². The fourth-order valence-corrected chi connectivity index (χ4v) is 1.19. The van der Waals surface area contributed by atoms with Crippen molar-refractivity contribution >= 4 is 11.9 Å². The van der Waals surface area contributed by atoms with Gasteiger partial charge in [0.2, 0.25) is 5.91 Å². The van der Waals surface area contributed by atoms with Crippen molar-refractivity contribution in [3.63, 3.8) is 0 Å². The van der Waals surface area contributed by atoms with Gasteiger partial charge in [0.1, 0.15) is 0 Å². The van der Waals surface area contributed by atoms with E-state index in [2.05, 4.69) is 15.0 Å². The molecule has 2 atom stereocenters. The molecule has 1 aromatic heterocycles. The molecule has 6 heteroatoms. The first-order valence-electron chi connectivity index (χ1n) is 5.11. The Labute approximate surface area is 99.2 Å². The van der Waals surface area contributed by atoms with Gasteiger partial charge in [-0.15, -0.1) is 0 Å². The number of ether oxygens (including phenoxy) is 1. The highest BCUT2D eigenvalue weighted by molar-refractivity contribution is 5.87. The summed E-state index contributed by atoms with van der Waals surface area (Å²) in [5.74, 6) is -1.02. The molecule has 0 saturated carbocycles. The predicted octanol–water partition coefficient (Wildman–Crippen LogP) is -0.241. The molecule has 17 heavy (non-hydrogen) atoms. The maximum atomic E-state index is 11.6. The number of nitrogens with one attached hydrogen (secondary N) is 1. The van der Waals surface area contributed by atoms with Crippen molar-refractivity contribution < 1.29 is 14.3 Å². The number of nitrogens with two attached hydrogens (primary N) is 1. The molecule has 92 valence electrons. The highest BCUT2D eigenvalue weighted by Crippen LogP contribution is 2.11. The van der Waals surface area contributed by atoms with E-state index < -0.39 is 24.0 Å². The Kier molecular flexibility index (Phi) is 4.59. The van der Waals surface area contributed by atoms with E-state index in [4.69, 9.17) is 5.73 Å². The summed E-state index contributed by atoms with van der Waals surface area (Å²) in [5.41, 5.74) is 5.83. The van der Waals surface area contributed by atoms with E-state index in [9.17, 15) is 9.59 Å². The molecule has 1 heterocycles. The lowest BCUT2D eigenvalue weighted by Crippen LogP contribution is -2.43. The number of hydrogen-bond donors (Lipinski definition) is 2. The fourth-order valence-electron chi connectivity index (χ4n) is 1.19. The van der Waals surface area contributed by atoms with Gasteiger partial charge in [0.05, 0.1) is 18.8 Å². The third kappa shape index (κ3) is 3.53. The number of methoxy groups -OCH3 is 1. The summed E-state index contributed by atoms with van der Waals surface area (Å²) in [6.45, 7) is 1.53. The molecule has 0 spiro atoms. The van der Waals surface area contributed by atoms with E-state index >= 15 is 0 Å². The Hall–Kier alpha value is -1.95. The number of esters is 1.